The number of rotatable bonds is 4. The number of alkyl carbamates (subject to hydrolysis) is 1. The highest BCUT2D eigenvalue weighted by Gasteiger charge is 2.62. The monoisotopic (exact) mass is 824 g/mol. The molecule has 17 heteroatoms. The minimum Gasteiger partial charge on any atom is -0.446 e. The molecule has 5 aliphatic rings. The predicted molar refractivity (Wildman–Crippen MR) is 209 cm³/mol. The predicted octanol–water partition coefficient (Wildman–Crippen LogP) is 4.84. The molecule has 7 rings (SSSR count). The van der Waals surface area contributed by atoms with Crippen molar-refractivity contribution in [2.75, 3.05) is 18.4 Å². The zero-order valence-corrected chi connectivity index (χ0v) is 33.6. The Labute approximate surface area is 338 Å². The normalized spacial score (nSPS) is 28.0. The van der Waals surface area contributed by atoms with Gasteiger partial charge in [-0.3, -0.25) is 19.3 Å². The Morgan fingerprint density at radius 1 is 0.914 bits per heavy atom. The molecule has 2 aromatic carbocycles. The maximum absolute atomic E-state index is 14.6. The first-order valence-electron chi connectivity index (χ1n) is 20.6. The van der Waals surface area contributed by atoms with Crippen molar-refractivity contribution in [1.82, 2.24) is 25.2 Å². The van der Waals surface area contributed by atoms with Crippen LogP contribution in [0.3, 0.4) is 0 Å². The third-order valence-electron chi connectivity index (χ3n) is 12.2. The number of halogens is 1. The van der Waals surface area contributed by atoms with E-state index in [0.717, 1.165) is 51.4 Å². The van der Waals surface area contributed by atoms with Crippen molar-refractivity contribution in [3.63, 3.8) is 0 Å². The summed E-state index contributed by atoms with van der Waals surface area (Å²) in [7, 11) is -4.38. The van der Waals surface area contributed by atoms with Gasteiger partial charge in [-0.05, 0) is 74.6 Å². The minimum atomic E-state index is -4.38. The Bertz CT molecular complexity index is 2010. The smallest absolute Gasteiger partial charge is 0.410 e. The molecular formula is C41H53FN6O9S. The molecule has 2 aromatic rings. The average molecular weight is 825 g/mol. The lowest BCUT2D eigenvalue weighted by Crippen LogP contribution is -2.58. The number of hydrogen-bond donors (Lipinski definition) is 4. The molecule has 0 bridgehead atoms. The molecule has 2 saturated carbocycles. The van der Waals surface area contributed by atoms with Crippen LogP contribution < -0.4 is 20.7 Å². The quantitative estimate of drug-likeness (QED) is 0.332. The summed E-state index contributed by atoms with van der Waals surface area (Å²) in [5.74, 6) is -3.02. The van der Waals surface area contributed by atoms with Crippen LogP contribution in [0.4, 0.5) is 19.7 Å². The van der Waals surface area contributed by atoms with E-state index in [1.165, 1.54) is 21.9 Å². The molecule has 3 aliphatic heterocycles. The highest BCUT2D eigenvalue weighted by molar-refractivity contribution is 7.90. The van der Waals surface area contributed by atoms with Crippen molar-refractivity contribution in [3.05, 3.63) is 59.4 Å². The number of fused-ring (bicyclic) bond motifs is 3. The van der Waals surface area contributed by atoms with Gasteiger partial charge in [0.15, 0.2) is 0 Å². The molecule has 3 fully saturated rings. The van der Waals surface area contributed by atoms with Crippen LogP contribution in [-0.4, -0.2) is 91.0 Å². The topological polar surface area (TPSA) is 193 Å². The van der Waals surface area contributed by atoms with E-state index < -0.39 is 75.4 Å². The second-order valence-corrected chi connectivity index (χ2v) is 17.8. The number of carbonyl (C=O) groups is 5. The van der Waals surface area contributed by atoms with Crippen molar-refractivity contribution in [1.29, 1.82) is 0 Å². The summed E-state index contributed by atoms with van der Waals surface area (Å²) < 4.78 is 55.7. The summed E-state index contributed by atoms with van der Waals surface area (Å²) in [4.78, 5) is 72.2. The van der Waals surface area contributed by atoms with E-state index in [1.54, 1.807) is 30.3 Å². The van der Waals surface area contributed by atoms with Gasteiger partial charge in [-0.2, -0.15) is 0 Å². The second-order valence-electron chi connectivity index (χ2n) is 16.2. The van der Waals surface area contributed by atoms with Gasteiger partial charge in [0, 0.05) is 25.1 Å². The van der Waals surface area contributed by atoms with E-state index in [-0.39, 0.29) is 49.9 Å². The fraction of sp³-hybridized carbons (Fsp3) is 0.585. The fourth-order valence-corrected chi connectivity index (χ4v) is 10.1. The lowest BCUT2D eigenvalue weighted by molar-refractivity contribution is -0.141. The Morgan fingerprint density at radius 2 is 1.66 bits per heavy atom. The average Bonchev–Trinajstić information content (AvgIpc) is 3.59. The number of anilines is 1. The molecule has 4 N–H and O–H groups in total. The van der Waals surface area contributed by atoms with Gasteiger partial charge in [0.25, 0.3) is 15.9 Å². The number of benzene rings is 2. The highest BCUT2D eigenvalue weighted by Crippen LogP contribution is 2.47. The molecule has 1 saturated heterocycles. The molecule has 1 spiro atoms. The largest absolute Gasteiger partial charge is 0.446 e. The number of para-hydroxylation sites is 1. The number of nitrogens with zero attached hydrogens (tertiary/aromatic N) is 2. The number of sulfonamides is 1. The van der Waals surface area contributed by atoms with Crippen LogP contribution in [0.2, 0.25) is 0 Å². The van der Waals surface area contributed by atoms with E-state index in [1.807, 2.05) is 6.92 Å². The Balaban J connectivity index is 1.15. The third kappa shape index (κ3) is 9.03. The zero-order chi connectivity index (χ0) is 41.0. The van der Waals surface area contributed by atoms with E-state index in [9.17, 15) is 36.8 Å². The number of amides is 5. The van der Waals surface area contributed by atoms with Gasteiger partial charge in [-0.1, -0.05) is 63.3 Å². The van der Waals surface area contributed by atoms with Gasteiger partial charge in [-0.25, -0.2) is 27.1 Å². The minimum absolute atomic E-state index is 0.00526. The summed E-state index contributed by atoms with van der Waals surface area (Å²) in [5, 5.41) is 8.77. The first-order valence-corrected chi connectivity index (χ1v) is 22.1. The SMILES string of the molecule is CC[C@@H]1C[C@@]12NC(=O)[C@@H]1C[C@@H](OC(=O)N3Cc4cccc(F)c4C3)CN1C(=O)[C@@H](NC(=O)OC1CCCC1)CCCCCCCNc1ccccc1S(=O)(=O)NC2=O. The zero-order valence-electron chi connectivity index (χ0n) is 32.8. The van der Waals surface area contributed by atoms with Crippen LogP contribution in [-0.2, 0) is 47.0 Å². The number of nitrogens with one attached hydrogen (secondary N) is 4. The third-order valence-corrected chi connectivity index (χ3v) is 13.6. The van der Waals surface area contributed by atoms with E-state index in [4.69, 9.17) is 9.47 Å². The van der Waals surface area contributed by atoms with E-state index >= 15 is 0 Å². The molecule has 0 unspecified atom stereocenters. The van der Waals surface area contributed by atoms with Gasteiger partial charge in [0.05, 0.1) is 18.8 Å². The van der Waals surface area contributed by atoms with Crippen molar-refractivity contribution in [2.45, 2.75) is 138 Å². The molecule has 3 heterocycles. The number of carbonyl (C=O) groups excluding carboxylic acids is 5. The van der Waals surface area contributed by atoms with Crippen LogP contribution in [0.1, 0.15) is 102 Å². The Kier molecular flexibility index (Phi) is 12.4. The standard InChI is InChI=1S/C41H53FN6O9S/c1-2-27-22-41(27)38(51)46-58(54,55)35-19-10-9-17-32(35)43-20-11-5-3-4-6-18-33(44-39(52)56-28-14-7-8-15-28)37(50)48-24-29(21-34(48)36(49)45-41)57-40(53)47-23-26-13-12-16-31(42)30(26)25-47/h9-10,12-13,16-17,19,27-29,33-34,43H,2-8,11,14-15,18,20-25H2,1H3,(H,44,52)(H,45,49)(H,46,51)/t27-,29-,33+,34+,41-/m1/s1. The van der Waals surface area contributed by atoms with Crippen molar-refractivity contribution in [2.24, 2.45) is 5.92 Å². The van der Waals surface area contributed by atoms with Gasteiger partial charge in [0.1, 0.15) is 40.5 Å². The molecule has 314 valence electrons. The van der Waals surface area contributed by atoms with Crippen LogP contribution in [0.15, 0.2) is 47.4 Å². The van der Waals surface area contributed by atoms with Crippen LogP contribution >= 0.6 is 0 Å². The molecule has 58 heavy (non-hydrogen) atoms. The van der Waals surface area contributed by atoms with Crippen molar-refractivity contribution in [3.8, 4) is 0 Å². The van der Waals surface area contributed by atoms with Crippen LogP contribution in [0, 0.1) is 11.7 Å². The van der Waals surface area contributed by atoms with Gasteiger partial charge in [-0.15, -0.1) is 0 Å². The summed E-state index contributed by atoms with van der Waals surface area (Å²) in [6.45, 7) is 2.24. The highest BCUT2D eigenvalue weighted by atomic mass is 32.2. The second kappa shape index (κ2) is 17.5. The first kappa shape index (κ1) is 41.2. The molecule has 5 atom stereocenters. The van der Waals surface area contributed by atoms with Crippen LogP contribution in [0.5, 0.6) is 0 Å². The van der Waals surface area contributed by atoms with E-state index in [2.05, 4.69) is 20.7 Å². The summed E-state index contributed by atoms with van der Waals surface area (Å²) in [6.07, 6.45) is 5.07. The lowest BCUT2D eigenvalue weighted by atomic mass is 10.0. The molecule has 2 aliphatic carbocycles. The van der Waals surface area contributed by atoms with Gasteiger partial charge >= 0.3 is 12.2 Å². The molecule has 0 radical (unpaired) electrons. The summed E-state index contributed by atoms with van der Waals surface area (Å²) in [5.41, 5.74) is -0.196. The van der Waals surface area contributed by atoms with Gasteiger partial charge in [0.2, 0.25) is 11.8 Å². The Morgan fingerprint density at radius 3 is 2.41 bits per heavy atom. The maximum Gasteiger partial charge on any atom is 0.410 e. The fourth-order valence-electron chi connectivity index (χ4n) is 8.85. The molecule has 0 aromatic heterocycles. The molecular weight excluding hydrogens is 772 g/mol. The van der Waals surface area contributed by atoms with Crippen molar-refractivity contribution < 1.29 is 46.3 Å². The maximum atomic E-state index is 14.6. The first-order chi connectivity index (χ1) is 27.9. The van der Waals surface area contributed by atoms with E-state index in [0.29, 0.717) is 36.2 Å². The lowest BCUT2D eigenvalue weighted by Gasteiger charge is -2.30. The molecule has 15 nitrogen and oxygen atoms in total. The number of hydrogen-bond acceptors (Lipinski definition) is 10. The summed E-state index contributed by atoms with van der Waals surface area (Å²) >= 11 is 0. The Hall–Kier alpha value is -4.93. The van der Waals surface area contributed by atoms with Crippen molar-refractivity contribution >= 4 is 45.6 Å². The summed E-state index contributed by atoms with van der Waals surface area (Å²) in [6, 6.07) is 8.63. The van der Waals surface area contributed by atoms with Crippen LogP contribution in [0.25, 0.3) is 0 Å². The molecule has 5 amide bonds. The van der Waals surface area contributed by atoms with Gasteiger partial charge < -0.3 is 30.3 Å². The number of ether oxygens (including phenoxy) is 2.